The Balaban J connectivity index is 2.08. The number of halogens is 1. The number of rotatable bonds is 4. The predicted octanol–water partition coefficient (Wildman–Crippen LogP) is 3.50. The van der Waals surface area contributed by atoms with Gasteiger partial charge in [0.1, 0.15) is 5.03 Å². The van der Waals surface area contributed by atoms with Crippen LogP contribution in [-0.2, 0) is 9.59 Å². The average Bonchev–Trinajstić information content (AvgIpc) is 2.48. The Bertz CT molecular complexity index is 678. The number of carboxylic acid groups (broad SMARTS) is 1. The Labute approximate surface area is 126 Å². The largest absolute Gasteiger partial charge is 0.477 e. The van der Waals surface area contributed by atoms with E-state index in [1.54, 1.807) is 12.1 Å². The average molecular weight is 302 g/mol. The molecule has 2 aromatic rings. The van der Waals surface area contributed by atoms with Gasteiger partial charge in [0.2, 0.25) is 5.91 Å². The topological polar surface area (TPSA) is 66.4 Å². The monoisotopic (exact) mass is 301 g/mol. The zero-order valence-corrected chi connectivity index (χ0v) is 11.7. The van der Waals surface area contributed by atoms with E-state index in [1.165, 1.54) is 0 Å². The number of carbonyl (C=O) groups is 2. The zero-order valence-electron chi connectivity index (χ0n) is 10.9. The fourth-order valence-electron chi connectivity index (χ4n) is 1.73. The highest BCUT2D eigenvalue weighted by atomic mass is 35.5. The van der Waals surface area contributed by atoms with Crippen LogP contribution < -0.4 is 5.32 Å². The van der Waals surface area contributed by atoms with Crippen LogP contribution in [0.4, 0.5) is 5.69 Å². The van der Waals surface area contributed by atoms with Gasteiger partial charge in [0, 0.05) is 11.8 Å². The molecule has 21 heavy (non-hydrogen) atoms. The van der Waals surface area contributed by atoms with E-state index in [0.29, 0.717) is 5.69 Å². The molecule has 106 valence electrons. The van der Waals surface area contributed by atoms with Crippen LogP contribution in [0.1, 0.15) is 0 Å². The molecule has 2 N–H and O–H groups in total. The summed E-state index contributed by atoms with van der Waals surface area (Å²) >= 11 is 5.38. The summed E-state index contributed by atoms with van der Waals surface area (Å²) in [5.41, 5.74) is 2.66. The van der Waals surface area contributed by atoms with Crippen molar-refractivity contribution in [2.24, 2.45) is 0 Å². The number of benzene rings is 2. The van der Waals surface area contributed by atoms with Gasteiger partial charge in [0.25, 0.3) is 0 Å². The number of hydrogen-bond acceptors (Lipinski definition) is 2. The van der Waals surface area contributed by atoms with Gasteiger partial charge in [-0.1, -0.05) is 54.1 Å². The third kappa shape index (κ3) is 4.19. The van der Waals surface area contributed by atoms with Crippen molar-refractivity contribution in [3.63, 3.8) is 0 Å². The van der Waals surface area contributed by atoms with E-state index < -0.39 is 16.9 Å². The minimum absolute atomic E-state index is 0.534. The summed E-state index contributed by atoms with van der Waals surface area (Å²) in [6.45, 7) is 0. The van der Waals surface area contributed by atoms with Crippen molar-refractivity contribution in [3.8, 4) is 11.1 Å². The lowest BCUT2D eigenvalue weighted by atomic mass is 10.1. The molecule has 0 bridgehead atoms. The summed E-state index contributed by atoms with van der Waals surface area (Å²) in [5.74, 6) is -1.93. The number of nitrogens with one attached hydrogen (secondary N) is 1. The van der Waals surface area contributed by atoms with E-state index in [9.17, 15) is 9.59 Å². The lowest BCUT2D eigenvalue weighted by Gasteiger charge is -2.05. The molecule has 0 aliphatic rings. The second kappa shape index (κ2) is 6.72. The maximum absolute atomic E-state index is 11.5. The molecule has 0 aliphatic carbocycles. The third-order valence-corrected chi connectivity index (χ3v) is 2.99. The molecule has 0 atom stereocenters. The second-order valence-corrected chi connectivity index (χ2v) is 4.64. The van der Waals surface area contributed by atoms with Crippen LogP contribution in [-0.4, -0.2) is 17.0 Å². The van der Waals surface area contributed by atoms with Gasteiger partial charge >= 0.3 is 5.97 Å². The Morgan fingerprint density at radius 1 is 0.952 bits per heavy atom. The molecule has 2 aromatic carbocycles. The van der Waals surface area contributed by atoms with Crippen LogP contribution in [0.5, 0.6) is 0 Å². The molecular formula is C16H12ClNO3. The van der Waals surface area contributed by atoms with Gasteiger partial charge in [-0.25, -0.2) is 4.79 Å². The molecule has 0 heterocycles. The van der Waals surface area contributed by atoms with Crippen molar-refractivity contribution < 1.29 is 14.7 Å². The van der Waals surface area contributed by atoms with Gasteiger partial charge in [0.15, 0.2) is 0 Å². The fourth-order valence-corrected chi connectivity index (χ4v) is 1.83. The third-order valence-electron chi connectivity index (χ3n) is 2.72. The Hall–Kier alpha value is -2.59. The molecule has 0 spiro atoms. The van der Waals surface area contributed by atoms with Crippen LogP contribution >= 0.6 is 11.6 Å². The maximum Gasteiger partial charge on any atom is 0.347 e. The molecule has 0 aliphatic heterocycles. The zero-order chi connectivity index (χ0) is 15.2. The van der Waals surface area contributed by atoms with E-state index in [0.717, 1.165) is 17.2 Å². The number of anilines is 1. The summed E-state index contributed by atoms with van der Waals surface area (Å²) < 4.78 is 0. The van der Waals surface area contributed by atoms with Crippen LogP contribution in [0, 0.1) is 0 Å². The molecule has 0 saturated heterocycles. The van der Waals surface area contributed by atoms with E-state index >= 15 is 0 Å². The first-order valence-corrected chi connectivity index (χ1v) is 6.51. The summed E-state index contributed by atoms with van der Waals surface area (Å²) in [4.78, 5) is 22.1. The molecule has 2 rings (SSSR count). The molecule has 0 radical (unpaired) electrons. The summed E-state index contributed by atoms with van der Waals surface area (Å²) in [7, 11) is 0. The SMILES string of the molecule is O=C(/C=C(/Cl)C(=O)O)Nc1ccc(-c2ccccc2)cc1. The molecular weight excluding hydrogens is 290 g/mol. The normalized spacial score (nSPS) is 11.0. The molecule has 0 fully saturated rings. The molecule has 0 saturated carbocycles. The Kier molecular flexibility index (Phi) is 4.74. The molecule has 5 heteroatoms. The molecule has 0 aromatic heterocycles. The summed E-state index contributed by atoms with van der Waals surface area (Å²) in [5, 5.41) is 10.6. The standard InChI is InChI=1S/C16H12ClNO3/c17-14(16(20)21)10-15(19)18-13-8-6-12(7-9-13)11-4-2-1-3-5-11/h1-10H,(H,18,19)(H,20,21)/b14-10+. The molecule has 1 amide bonds. The van der Waals surface area contributed by atoms with Gasteiger partial charge < -0.3 is 10.4 Å². The Morgan fingerprint density at radius 3 is 2.10 bits per heavy atom. The highest BCUT2D eigenvalue weighted by Crippen LogP contribution is 2.21. The lowest BCUT2D eigenvalue weighted by molar-refractivity contribution is -0.132. The summed E-state index contributed by atoms with van der Waals surface area (Å²) in [6, 6.07) is 17.0. The highest BCUT2D eigenvalue weighted by molar-refractivity contribution is 6.42. The number of aliphatic carboxylic acids is 1. The fraction of sp³-hybridized carbons (Fsp3) is 0. The van der Waals surface area contributed by atoms with Crippen LogP contribution in [0.15, 0.2) is 65.7 Å². The van der Waals surface area contributed by atoms with Crippen LogP contribution in [0.3, 0.4) is 0 Å². The van der Waals surface area contributed by atoms with E-state index in [1.807, 2.05) is 42.5 Å². The van der Waals surface area contributed by atoms with Crippen molar-refractivity contribution in [1.29, 1.82) is 0 Å². The number of carboxylic acids is 1. The number of carbonyl (C=O) groups excluding carboxylic acids is 1. The van der Waals surface area contributed by atoms with Crippen molar-refractivity contribution >= 4 is 29.2 Å². The van der Waals surface area contributed by atoms with E-state index in [2.05, 4.69) is 5.32 Å². The smallest absolute Gasteiger partial charge is 0.347 e. The minimum atomic E-state index is -1.34. The first-order chi connectivity index (χ1) is 10.1. The number of amides is 1. The quantitative estimate of drug-likeness (QED) is 0.849. The van der Waals surface area contributed by atoms with Crippen molar-refractivity contribution in [2.75, 3.05) is 5.32 Å². The minimum Gasteiger partial charge on any atom is -0.477 e. The maximum atomic E-state index is 11.5. The highest BCUT2D eigenvalue weighted by Gasteiger charge is 2.06. The first-order valence-electron chi connectivity index (χ1n) is 6.13. The van der Waals surface area contributed by atoms with Gasteiger partial charge in [-0.2, -0.15) is 0 Å². The van der Waals surface area contributed by atoms with Crippen LogP contribution in [0.2, 0.25) is 0 Å². The predicted molar refractivity (Wildman–Crippen MR) is 82.1 cm³/mol. The lowest BCUT2D eigenvalue weighted by Crippen LogP contribution is -2.10. The molecule has 0 unspecified atom stereocenters. The van der Waals surface area contributed by atoms with Gasteiger partial charge in [-0.05, 0) is 23.3 Å². The van der Waals surface area contributed by atoms with Crippen molar-refractivity contribution in [1.82, 2.24) is 0 Å². The first kappa shape index (κ1) is 14.8. The summed E-state index contributed by atoms with van der Waals surface area (Å²) in [6.07, 6.45) is 0.828. The van der Waals surface area contributed by atoms with Gasteiger partial charge in [0.05, 0.1) is 0 Å². The van der Waals surface area contributed by atoms with E-state index in [-0.39, 0.29) is 0 Å². The van der Waals surface area contributed by atoms with Crippen molar-refractivity contribution in [3.05, 3.63) is 65.7 Å². The second-order valence-electron chi connectivity index (χ2n) is 4.23. The van der Waals surface area contributed by atoms with Gasteiger partial charge in [-0.15, -0.1) is 0 Å². The van der Waals surface area contributed by atoms with E-state index in [4.69, 9.17) is 16.7 Å². The Morgan fingerprint density at radius 2 is 1.52 bits per heavy atom. The van der Waals surface area contributed by atoms with Crippen molar-refractivity contribution in [2.45, 2.75) is 0 Å². The van der Waals surface area contributed by atoms with Gasteiger partial charge in [-0.3, -0.25) is 4.79 Å². The van der Waals surface area contributed by atoms with Crippen LogP contribution in [0.25, 0.3) is 11.1 Å². The number of hydrogen-bond donors (Lipinski definition) is 2. The molecule has 4 nitrogen and oxygen atoms in total.